The van der Waals surface area contributed by atoms with Crippen molar-refractivity contribution in [3.63, 3.8) is 0 Å². The molecule has 106 valence electrons. The lowest BCUT2D eigenvalue weighted by molar-refractivity contribution is -0.115. The number of fused-ring (bicyclic) bond motifs is 1. The molecule has 4 nitrogen and oxygen atoms in total. The summed E-state index contributed by atoms with van der Waals surface area (Å²) in [5, 5.41) is 5.45. The fraction of sp³-hybridized carbons (Fsp3) is 0.0667. The van der Waals surface area contributed by atoms with Gasteiger partial charge in [-0.25, -0.2) is 4.39 Å². The van der Waals surface area contributed by atoms with Gasteiger partial charge in [-0.1, -0.05) is 0 Å². The van der Waals surface area contributed by atoms with E-state index in [1.165, 1.54) is 18.2 Å². The Kier molecular flexibility index (Phi) is 3.62. The fourth-order valence-electron chi connectivity index (χ4n) is 2.16. The molecule has 0 bridgehead atoms. The summed E-state index contributed by atoms with van der Waals surface area (Å²) in [4.78, 5) is 23.5. The maximum absolute atomic E-state index is 13.0. The lowest BCUT2D eigenvalue weighted by Gasteiger charge is -2.08. The normalized spacial score (nSPS) is 12.8. The van der Waals surface area contributed by atoms with Crippen molar-refractivity contribution in [1.82, 2.24) is 0 Å². The number of carbonyl (C=O) groups is 2. The van der Waals surface area contributed by atoms with Crippen LogP contribution in [0.3, 0.4) is 0 Å². The summed E-state index contributed by atoms with van der Waals surface area (Å²) in [6.45, 7) is 0. The highest BCUT2D eigenvalue weighted by atomic mass is 127. The Morgan fingerprint density at radius 2 is 2.05 bits per heavy atom. The summed E-state index contributed by atoms with van der Waals surface area (Å²) in [7, 11) is 0. The van der Waals surface area contributed by atoms with Gasteiger partial charge in [0, 0.05) is 14.8 Å². The Bertz CT molecular complexity index is 761. The molecule has 1 aliphatic heterocycles. The van der Waals surface area contributed by atoms with Crippen molar-refractivity contribution in [2.75, 3.05) is 10.6 Å². The van der Waals surface area contributed by atoms with Crippen molar-refractivity contribution < 1.29 is 14.0 Å². The van der Waals surface area contributed by atoms with E-state index in [2.05, 4.69) is 10.6 Å². The van der Waals surface area contributed by atoms with Crippen molar-refractivity contribution in [1.29, 1.82) is 0 Å². The number of hydrogen-bond acceptors (Lipinski definition) is 2. The Hall–Kier alpha value is -1.96. The molecule has 21 heavy (non-hydrogen) atoms. The lowest BCUT2D eigenvalue weighted by Crippen LogP contribution is -2.13. The van der Waals surface area contributed by atoms with Crippen LogP contribution in [-0.2, 0) is 11.2 Å². The van der Waals surface area contributed by atoms with Gasteiger partial charge in [0.25, 0.3) is 5.91 Å². The molecule has 2 N–H and O–H groups in total. The first-order chi connectivity index (χ1) is 10.0. The topological polar surface area (TPSA) is 58.2 Å². The van der Waals surface area contributed by atoms with Crippen LogP contribution in [0.15, 0.2) is 36.4 Å². The van der Waals surface area contributed by atoms with Crippen LogP contribution < -0.4 is 10.6 Å². The van der Waals surface area contributed by atoms with E-state index in [-0.39, 0.29) is 24.1 Å². The van der Waals surface area contributed by atoms with Crippen molar-refractivity contribution in [3.05, 3.63) is 56.9 Å². The van der Waals surface area contributed by atoms with Crippen molar-refractivity contribution >= 4 is 45.8 Å². The Balaban J connectivity index is 1.83. The SMILES string of the molecule is O=C1Cc2cc(C(=O)Nc3ccc(F)cc3I)ccc2N1. The predicted octanol–water partition coefficient (Wildman–Crippen LogP) is 3.18. The van der Waals surface area contributed by atoms with Gasteiger partial charge in [0.2, 0.25) is 5.91 Å². The van der Waals surface area contributed by atoms with E-state index in [0.717, 1.165) is 11.3 Å². The average Bonchev–Trinajstić information content (AvgIpc) is 2.80. The first-order valence-corrected chi connectivity index (χ1v) is 7.30. The van der Waals surface area contributed by atoms with Gasteiger partial charge >= 0.3 is 0 Å². The van der Waals surface area contributed by atoms with E-state index >= 15 is 0 Å². The van der Waals surface area contributed by atoms with Crippen LogP contribution in [0.25, 0.3) is 0 Å². The van der Waals surface area contributed by atoms with Gasteiger partial charge in [0.1, 0.15) is 5.82 Å². The molecule has 0 saturated carbocycles. The monoisotopic (exact) mass is 396 g/mol. The number of hydrogen-bond donors (Lipinski definition) is 2. The van der Waals surface area contributed by atoms with Gasteiger partial charge in [-0.15, -0.1) is 0 Å². The highest BCUT2D eigenvalue weighted by Gasteiger charge is 2.19. The maximum atomic E-state index is 13.0. The molecule has 2 amide bonds. The molecule has 0 unspecified atom stereocenters. The van der Waals surface area contributed by atoms with Crippen molar-refractivity contribution in [3.8, 4) is 0 Å². The van der Waals surface area contributed by atoms with Gasteiger partial charge in [0.05, 0.1) is 12.1 Å². The van der Waals surface area contributed by atoms with E-state index in [4.69, 9.17) is 0 Å². The molecule has 6 heteroatoms. The Morgan fingerprint density at radius 1 is 1.24 bits per heavy atom. The lowest BCUT2D eigenvalue weighted by atomic mass is 10.1. The molecule has 0 radical (unpaired) electrons. The van der Waals surface area contributed by atoms with Crippen LogP contribution >= 0.6 is 22.6 Å². The average molecular weight is 396 g/mol. The van der Waals surface area contributed by atoms with Crippen LogP contribution in [0.1, 0.15) is 15.9 Å². The number of anilines is 2. The molecule has 0 saturated heterocycles. The molecule has 0 spiro atoms. The second kappa shape index (κ2) is 5.44. The Labute approximate surface area is 133 Å². The minimum Gasteiger partial charge on any atom is -0.326 e. The van der Waals surface area contributed by atoms with E-state index < -0.39 is 0 Å². The summed E-state index contributed by atoms with van der Waals surface area (Å²) in [6, 6.07) is 9.22. The first-order valence-electron chi connectivity index (χ1n) is 6.22. The maximum Gasteiger partial charge on any atom is 0.255 e. The first kappa shape index (κ1) is 14.0. The second-order valence-corrected chi connectivity index (χ2v) is 5.84. The van der Waals surface area contributed by atoms with Crippen LogP contribution in [0, 0.1) is 9.39 Å². The molecular weight excluding hydrogens is 386 g/mol. The molecule has 1 aliphatic rings. The molecule has 0 atom stereocenters. The molecule has 2 aromatic rings. The third-order valence-corrected chi connectivity index (χ3v) is 4.06. The van der Waals surface area contributed by atoms with Crippen molar-refractivity contribution in [2.24, 2.45) is 0 Å². The van der Waals surface area contributed by atoms with Gasteiger partial charge in [-0.2, -0.15) is 0 Å². The zero-order valence-corrected chi connectivity index (χ0v) is 12.9. The summed E-state index contributed by atoms with van der Waals surface area (Å²) in [5.41, 5.74) is 2.57. The van der Waals surface area contributed by atoms with E-state index in [1.807, 2.05) is 22.6 Å². The van der Waals surface area contributed by atoms with Gasteiger partial charge in [-0.3, -0.25) is 9.59 Å². The third-order valence-electron chi connectivity index (χ3n) is 3.17. The van der Waals surface area contributed by atoms with E-state index in [0.29, 0.717) is 14.8 Å². The Morgan fingerprint density at radius 3 is 2.81 bits per heavy atom. The van der Waals surface area contributed by atoms with Crippen LogP contribution in [-0.4, -0.2) is 11.8 Å². The van der Waals surface area contributed by atoms with Crippen LogP contribution in [0.2, 0.25) is 0 Å². The quantitative estimate of drug-likeness (QED) is 0.767. The highest BCUT2D eigenvalue weighted by Crippen LogP contribution is 2.25. The molecule has 0 aliphatic carbocycles. The highest BCUT2D eigenvalue weighted by molar-refractivity contribution is 14.1. The zero-order chi connectivity index (χ0) is 15.0. The molecule has 1 heterocycles. The standard InChI is InChI=1S/C15H10FIN2O2/c16-10-2-4-13(11(17)7-10)19-15(21)8-1-3-12-9(5-8)6-14(20)18-12/h1-5,7H,6H2,(H,18,20)(H,19,21). The summed E-state index contributed by atoms with van der Waals surface area (Å²) in [5.74, 6) is -0.711. The molecular formula is C15H10FIN2O2. The number of amides is 2. The largest absolute Gasteiger partial charge is 0.326 e. The predicted molar refractivity (Wildman–Crippen MR) is 85.8 cm³/mol. The van der Waals surface area contributed by atoms with E-state index in [9.17, 15) is 14.0 Å². The molecule has 2 aromatic carbocycles. The number of benzene rings is 2. The van der Waals surface area contributed by atoms with Gasteiger partial charge in [-0.05, 0) is 64.6 Å². The summed E-state index contributed by atoms with van der Waals surface area (Å²) >= 11 is 1.96. The van der Waals surface area contributed by atoms with Crippen molar-refractivity contribution in [2.45, 2.75) is 6.42 Å². The smallest absolute Gasteiger partial charge is 0.255 e. The number of rotatable bonds is 2. The molecule has 0 fully saturated rings. The van der Waals surface area contributed by atoms with Crippen LogP contribution in [0.5, 0.6) is 0 Å². The van der Waals surface area contributed by atoms with Gasteiger partial charge < -0.3 is 10.6 Å². The van der Waals surface area contributed by atoms with Gasteiger partial charge in [0.15, 0.2) is 0 Å². The van der Waals surface area contributed by atoms with E-state index in [1.54, 1.807) is 18.2 Å². The third kappa shape index (κ3) is 2.90. The minimum absolute atomic E-state index is 0.0735. The summed E-state index contributed by atoms with van der Waals surface area (Å²) in [6.07, 6.45) is 0.282. The minimum atomic E-state index is -0.348. The number of halogens is 2. The molecule has 0 aromatic heterocycles. The number of carbonyl (C=O) groups excluding carboxylic acids is 2. The summed E-state index contributed by atoms with van der Waals surface area (Å²) < 4.78 is 13.7. The fourth-order valence-corrected chi connectivity index (χ4v) is 2.77. The second-order valence-electron chi connectivity index (χ2n) is 4.68. The number of nitrogens with one attached hydrogen (secondary N) is 2. The van der Waals surface area contributed by atoms with Crippen LogP contribution in [0.4, 0.5) is 15.8 Å². The molecule has 3 rings (SSSR count). The zero-order valence-electron chi connectivity index (χ0n) is 10.7.